The topological polar surface area (TPSA) is 33.1 Å². The van der Waals surface area contributed by atoms with Gasteiger partial charge < -0.3 is 5.11 Å². The highest BCUT2D eigenvalue weighted by molar-refractivity contribution is 7.09. The van der Waals surface area contributed by atoms with E-state index in [-0.39, 0.29) is 10.7 Å². The number of alkyl halides is 2. The third-order valence-corrected chi connectivity index (χ3v) is 2.03. The highest BCUT2D eigenvalue weighted by atomic mass is 32.1. The van der Waals surface area contributed by atoms with Crippen molar-refractivity contribution in [3.63, 3.8) is 0 Å². The lowest BCUT2D eigenvalue weighted by Crippen LogP contribution is -1.94. The summed E-state index contributed by atoms with van der Waals surface area (Å²) in [5, 5.41) is 9.99. The quantitative estimate of drug-likeness (QED) is 0.719. The SMILES string of the molecule is C#CC(O)c1csc(C(F)F)n1. The van der Waals surface area contributed by atoms with Crippen LogP contribution in [0.15, 0.2) is 5.38 Å². The van der Waals surface area contributed by atoms with Gasteiger partial charge in [-0.2, -0.15) is 0 Å². The normalized spacial score (nSPS) is 12.9. The molecule has 1 rings (SSSR count). The molecule has 1 N–H and O–H groups in total. The molecule has 0 aromatic carbocycles. The molecule has 0 amide bonds. The highest BCUT2D eigenvalue weighted by Gasteiger charge is 2.14. The second kappa shape index (κ2) is 3.61. The van der Waals surface area contributed by atoms with E-state index in [0.29, 0.717) is 0 Å². The Labute approximate surface area is 71.9 Å². The summed E-state index contributed by atoms with van der Waals surface area (Å²) >= 11 is 0.785. The van der Waals surface area contributed by atoms with Crippen molar-refractivity contribution in [1.29, 1.82) is 0 Å². The van der Waals surface area contributed by atoms with E-state index in [1.54, 1.807) is 0 Å². The predicted octanol–water partition coefficient (Wildman–Crippen LogP) is 1.75. The summed E-state index contributed by atoms with van der Waals surface area (Å²) in [6.45, 7) is 0. The molecule has 1 atom stereocenters. The van der Waals surface area contributed by atoms with Crippen LogP contribution in [0.5, 0.6) is 0 Å². The molecule has 0 aliphatic carbocycles. The Morgan fingerprint density at radius 2 is 2.33 bits per heavy atom. The zero-order valence-electron chi connectivity index (χ0n) is 5.87. The number of hydrogen-bond acceptors (Lipinski definition) is 3. The smallest absolute Gasteiger partial charge is 0.289 e. The standard InChI is InChI=1S/C7H5F2NOS/c1-2-5(11)4-3-12-7(10-4)6(8)9/h1,3,5-6,11H. The molecule has 0 radical (unpaired) electrons. The van der Waals surface area contributed by atoms with Crippen LogP contribution in [0.1, 0.15) is 23.2 Å². The summed E-state index contributed by atoms with van der Waals surface area (Å²) in [7, 11) is 0. The molecule has 0 saturated heterocycles. The fraction of sp³-hybridized carbons (Fsp3) is 0.286. The summed E-state index contributed by atoms with van der Waals surface area (Å²) in [5.74, 6) is 1.99. The zero-order chi connectivity index (χ0) is 9.14. The maximum atomic E-state index is 12.0. The Kier molecular flexibility index (Phi) is 2.74. The Hall–Kier alpha value is -0.990. The lowest BCUT2D eigenvalue weighted by atomic mass is 10.3. The molecule has 5 heteroatoms. The van der Waals surface area contributed by atoms with Crippen LogP contribution in [0.2, 0.25) is 0 Å². The molecule has 0 spiro atoms. The van der Waals surface area contributed by atoms with Crippen LogP contribution in [0.25, 0.3) is 0 Å². The van der Waals surface area contributed by atoms with Gasteiger partial charge in [-0.1, -0.05) is 5.92 Å². The van der Waals surface area contributed by atoms with E-state index < -0.39 is 12.5 Å². The third-order valence-electron chi connectivity index (χ3n) is 1.16. The van der Waals surface area contributed by atoms with Gasteiger partial charge in [0.2, 0.25) is 0 Å². The molecule has 0 saturated carbocycles. The van der Waals surface area contributed by atoms with Gasteiger partial charge in [-0.25, -0.2) is 13.8 Å². The number of thiazole rings is 1. The first-order chi connectivity index (χ1) is 5.65. The zero-order valence-corrected chi connectivity index (χ0v) is 6.68. The van der Waals surface area contributed by atoms with Gasteiger partial charge in [-0.05, 0) is 0 Å². The first-order valence-corrected chi connectivity index (χ1v) is 3.90. The fourth-order valence-corrected chi connectivity index (χ4v) is 1.30. The van der Waals surface area contributed by atoms with Crippen molar-refractivity contribution in [3.05, 3.63) is 16.1 Å². The van der Waals surface area contributed by atoms with Crippen LogP contribution >= 0.6 is 11.3 Å². The molecule has 1 aromatic rings. The molecule has 1 aromatic heterocycles. The van der Waals surface area contributed by atoms with Crippen LogP contribution in [0.3, 0.4) is 0 Å². The van der Waals surface area contributed by atoms with Gasteiger partial charge in [0.25, 0.3) is 6.43 Å². The van der Waals surface area contributed by atoms with Crippen LogP contribution in [-0.2, 0) is 0 Å². The lowest BCUT2D eigenvalue weighted by Gasteiger charge is -1.95. The molecular weight excluding hydrogens is 184 g/mol. The maximum Gasteiger partial charge on any atom is 0.289 e. The number of hydrogen-bond donors (Lipinski definition) is 1. The van der Waals surface area contributed by atoms with Gasteiger partial charge >= 0.3 is 0 Å². The van der Waals surface area contributed by atoms with Crippen molar-refractivity contribution >= 4 is 11.3 Å². The minimum atomic E-state index is -2.60. The van der Waals surface area contributed by atoms with E-state index in [0.717, 1.165) is 11.3 Å². The van der Waals surface area contributed by atoms with Crippen molar-refractivity contribution in [2.24, 2.45) is 0 Å². The second-order valence-electron chi connectivity index (χ2n) is 1.98. The number of terminal acetylenes is 1. The summed E-state index contributed by atoms with van der Waals surface area (Å²) in [4.78, 5) is 3.46. The van der Waals surface area contributed by atoms with E-state index in [1.165, 1.54) is 5.38 Å². The Balaban J connectivity index is 2.86. The fourth-order valence-electron chi connectivity index (χ4n) is 0.612. The first-order valence-electron chi connectivity index (χ1n) is 3.03. The van der Waals surface area contributed by atoms with E-state index in [4.69, 9.17) is 11.5 Å². The third kappa shape index (κ3) is 1.78. The van der Waals surface area contributed by atoms with Crippen LogP contribution in [0, 0.1) is 12.3 Å². The van der Waals surface area contributed by atoms with E-state index in [9.17, 15) is 8.78 Å². The number of nitrogens with zero attached hydrogens (tertiary/aromatic N) is 1. The van der Waals surface area contributed by atoms with Gasteiger partial charge in [-0.15, -0.1) is 17.8 Å². The molecule has 1 heterocycles. The molecular formula is C7H5F2NOS. The van der Waals surface area contributed by atoms with Crippen LogP contribution < -0.4 is 0 Å². The predicted molar refractivity (Wildman–Crippen MR) is 40.9 cm³/mol. The largest absolute Gasteiger partial charge is 0.374 e. The molecule has 64 valence electrons. The number of rotatable bonds is 2. The first kappa shape index (κ1) is 9.10. The van der Waals surface area contributed by atoms with Gasteiger partial charge in [-0.3, -0.25) is 0 Å². The molecule has 1 unspecified atom stereocenters. The van der Waals surface area contributed by atoms with Crippen molar-refractivity contribution in [1.82, 2.24) is 4.98 Å². The van der Waals surface area contributed by atoms with Gasteiger partial charge in [0.15, 0.2) is 11.1 Å². The van der Waals surface area contributed by atoms with E-state index in [1.807, 2.05) is 5.92 Å². The summed E-state index contributed by atoms with van der Waals surface area (Å²) in [6, 6.07) is 0. The average Bonchev–Trinajstić information content (AvgIpc) is 2.51. The highest BCUT2D eigenvalue weighted by Crippen LogP contribution is 2.24. The molecule has 0 aliphatic rings. The minimum Gasteiger partial charge on any atom is -0.374 e. The van der Waals surface area contributed by atoms with Crippen LogP contribution in [0.4, 0.5) is 8.78 Å². The monoisotopic (exact) mass is 189 g/mol. The van der Waals surface area contributed by atoms with E-state index in [2.05, 4.69) is 4.98 Å². The number of aromatic nitrogens is 1. The van der Waals surface area contributed by atoms with Gasteiger partial charge in [0.1, 0.15) is 0 Å². The minimum absolute atomic E-state index is 0.109. The Morgan fingerprint density at radius 3 is 2.75 bits per heavy atom. The number of aliphatic hydroxyl groups is 1. The maximum absolute atomic E-state index is 12.0. The molecule has 0 fully saturated rings. The molecule has 0 bridgehead atoms. The van der Waals surface area contributed by atoms with Crippen molar-refractivity contribution in [2.75, 3.05) is 0 Å². The van der Waals surface area contributed by atoms with Crippen molar-refractivity contribution in [2.45, 2.75) is 12.5 Å². The summed E-state index contributed by atoms with van der Waals surface area (Å²) in [5.41, 5.74) is 0.109. The Bertz CT molecular complexity index is 305. The van der Waals surface area contributed by atoms with Gasteiger partial charge in [0.05, 0.1) is 5.69 Å². The average molecular weight is 189 g/mol. The van der Waals surface area contributed by atoms with Crippen LogP contribution in [-0.4, -0.2) is 10.1 Å². The van der Waals surface area contributed by atoms with Gasteiger partial charge in [0, 0.05) is 5.38 Å². The second-order valence-corrected chi connectivity index (χ2v) is 2.87. The van der Waals surface area contributed by atoms with E-state index >= 15 is 0 Å². The number of halogens is 2. The Morgan fingerprint density at radius 1 is 1.67 bits per heavy atom. The summed E-state index contributed by atoms with van der Waals surface area (Å²) < 4.78 is 23.9. The van der Waals surface area contributed by atoms with Crippen molar-refractivity contribution < 1.29 is 13.9 Å². The lowest BCUT2D eigenvalue weighted by molar-refractivity contribution is 0.150. The van der Waals surface area contributed by atoms with Crippen molar-refractivity contribution in [3.8, 4) is 12.3 Å². The number of aliphatic hydroxyl groups excluding tert-OH is 1. The molecule has 12 heavy (non-hydrogen) atoms. The molecule has 2 nitrogen and oxygen atoms in total. The molecule has 0 aliphatic heterocycles. The summed E-state index contributed by atoms with van der Waals surface area (Å²) in [6.07, 6.45) is 1.08.